The van der Waals surface area contributed by atoms with Crippen LogP contribution in [0.25, 0.3) is 0 Å². The van der Waals surface area contributed by atoms with E-state index in [1.807, 2.05) is 0 Å². The fourth-order valence-electron chi connectivity index (χ4n) is 16.6. The zero-order valence-corrected chi connectivity index (χ0v) is 31.8. The third-order valence-electron chi connectivity index (χ3n) is 19.5. The maximum atomic E-state index is 12.9. The van der Waals surface area contributed by atoms with Crippen molar-refractivity contribution < 1.29 is 14.6 Å². The Bertz CT molecular complexity index is 1160. The lowest BCUT2D eigenvalue weighted by molar-refractivity contribution is -0.153. The first-order valence-corrected chi connectivity index (χ1v) is 21.9. The van der Waals surface area contributed by atoms with Crippen LogP contribution in [0.5, 0.6) is 0 Å². The minimum absolute atomic E-state index is 0.0554. The quantitative estimate of drug-likeness (QED) is 0.208. The second-order valence-electron chi connectivity index (χ2n) is 20.9. The van der Waals surface area contributed by atoms with Crippen molar-refractivity contribution in [1.82, 2.24) is 0 Å². The number of carbonyl (C=O) groups is 1. The second-order valence-corrected chi connectivity index (χ2v) is 20.9. The van der Waals surface area contributed by atoms with E-state index < -0.39 is 0 Å². The number of esters is 1. The van der Waals surface area contributed by atoms with Crippen LogP contribution in [0.2, 0.25) is 0 Å². The number of ether oxygens (including phenoxy) is 1. The topological polar surface area (TPSA) is 46.5 Å². The molecule has 1 N–H and O–H groups in total. The number of hydrogen-bond donors (Lipinski definition) is 1. The van der Waals surface area contributed by atoms with Gasteiger partial charge in [-0.3, -0.25) is 4.79 Å². The van der Waals surface area contributed by atoms with Crippen molar-refractivity contribution in [2.45, 2.75) is 188 Å². The summed E-state index contributed by atoms with van der Waals surface area (Å²) in [4.78, 5) is 12.9. The maximum Gasteiger partial charge on any atom is 0.305 e. The Labute approximate surface area is 295 Å². The largest absolute Gasteiger partial charge is 0.466 e. The lowest BCUT2D eigenvalue weighted by Crippen LogP contribution is -2.56. The Morgan fingerprint density at radius 1 is 0.604 bits per heavy atom. The lowest BCUT2D eigenvalue weighted by Gasteiger charge is -2.61. The van der Waals surface area contributed by atoms with Crippen LogP contribution in [0.1, 0.15) is 182 Å². The Kier molecular flexibility index (Phi) is 9.44. The van der Waals surface area contributed by atoms with Crippen LogP contribution >= 0.6 is 0 Å². The van der Waals surface area contributed by atoms with Gasteiger partial charge in [0.05, 0.1) is 12.7 Å². The van der Waals surface area contributed by atoms with E-state index in [1.165, 1.54) is 128 Å². The molecule has 15 unspecified atom stereocenters. The van der Waals surface area contributed by atoms with E-state index in [0.29, 0.717) is 46.5 Å². The van der Waals surface area contributed by atoms with Crippen molar-refractivity contribution in [2.24, 2.45) is 80.8 Å². The molecule has 0 radical (unpaired) electrons. The number of hydrogen-bond acceptors (Lipinski definition) is 3. The second kappa shape index (κ2) is 13.1. The van der Waals surface area contributed by atoms with Crippen LogP contribution < -0.4 is 0 Å². The van der Waals surface area contributed by atoms with Crippen LogP contribution in [0, 0.1) is 80.8 Å². The smallest absolute Gasteiger partial charge is 0.305 e. The van der Waals surface area contributed by atoms with Crippen molar-refractivity contribution in [3.8, 4) is 0 Å². The minimum atomic E-state index is -0.0672. The average Bonchev–Trinajstić information content (AvgIpc) is 3.58. The molecule has 8 rings (SSSR count). The Morgan fingerprint density at radius 3 is 2.06 bits per heavy atom. The molecule has 0 saturated heterocycles. The van der Waals surface area contributed by atoms with Gasteiger partial charge in [0.1, 0.15) is 0 Å². The van der Waals surface area contributed by atoms with E-state index in [-0.39, 0.29) is 12.1 Å². The van der Waals surface area contributed by atoms with Gasteiger partial charge < -0.3 is 9.84 Å². The molecule has 0 aliphatic heterocycles. The van der Waals surface area contributed by atoms with Gasteiger partial charge in [0.25, 0.3) is 0 Å². The van der Waals surface area contributed by atoms with Gasteiger partial charge >= 0.3 is 5.97 Å². The summed E-state index contributed by atoms with van der Waals surface area (Å²) in [5.74, 6) is 8.30. The highest BCUT2D eigenvalue weighted by Crippen LogP contribution is 2.69. The number of rotatable bonds is 8. The molecule has 272 valence electrons. The molecule has 0 heterocycles. The molecule has 48 heavy (non-hydrogen) atoms. The SMILES string of the molecule is CC12CC3C(CC1CCC2CCCC(=O)OCCCC1CCC2C4CCC5CCCCC5(C)C4CCC12C)C(O)CC1CCCCC13C. The summed E-state index contributed by atoms with van der Waals surface area (Å²) in [6.45, 7) is 11.3. The third-order valence-corrected chi connectivity index (χ3v) is 19.5. The van der Waals surface area contributed by atoms with Gasteiger partial charge in [-0.15, -0.1) is 0 Å². The average molecular weight is 663 g/mol. The summed E-state index contributed by atoms with van der Waals surface area (Å²) in [6, 6.07) is 0. The van der Waals surface area contributed by atoms with E-state index in [4.69, 9.17) is 4.74 Å². The maximum absolute atomic E-state index is 12.9. The first kappa shape index (κ1) is 34.5. The molecule has 0 aromatic rings. The first-order valence-electron chi connectivity index (χ1n) is 21.9. The molecular formula is C45H74O3. The molecular weight excluding hydrogens is 588 g/mol. The number of fused-ring (bicyclic) bond motifs is 9. The zero-order valence-electron chi connectivity index (χ0n) is 31.8. The summed E-state index contributed by atoms with van der Waals surface area (Å²) in [5, 5.41) is 11.3. The molecule has 8 fully saturated rings. The molecule has 8 saturated carbocycles. The molecule has 0 spiro atoms. The molecule has 8 aliphatic rings. The van der Waals surface area contributed by atoms with Gasteiger partial charge in [-0.2, -0.15) is 0 Å². The fourth-order valence-corrected chi connectivity index (χ4v) is 16.6. The monoisotopic (exact) mass is 663 g/mol. The fraction of sp³-hybridized carbons (Fsp3) is 0.978. The summed E-state index contributed by atoms with van der Waals surface area (Å²) in [7, 11) is 0. The van der Waals surface area contributed by atoms with Gasteiger partial charge in [-0.05, 0) is 203 Å². The number of carbonyl (C=O) groups excluding carboxylic acids is 1. The van der Waals surface area contributed by atoms with Gasteiger partial charge in [0, 0.05) is 6.42 Å². The molecule has 3 nitrogen and oxygen atoms in total. The Hall–Kier alpha value is -0.570. The van der Waals surface area contributed by atoms with Crippen LogP contribution in [0.4, 0.5) is 0 Å². The van der Waals surface area contributed by atoms with Crippen LogP contribution in [-0.2, 0) is 9.53 Å². The normalized spacial score (nSPS) is 52.6. The Balaban J connectivity index is 0.784. The van der Waals surface area contributed by atoms with Crippen molar-refractivity contribution in [2.75, 3.05) is 6.61 Å². The van der Waals surface area contributed by atoms with Gasteiger partial charge in [-0.25, -0.2) is 0 Å². The molecule has 3 heteroatoms. The van der Waals surface area contributed by atoms with Crippen molar-refractivity contribution in [1.29, 1.82) is 0 Å². The highest BCUT2D eigenvalue weighted by atomic mass is 16.5. The van der Waals surface area contributed by atoms with Crippen molar-refractivity contribution >= 4 is 5.97 Å². The van der Waals surface area contributed by atoms with E-state index in [2.05, 4.69) is 27.7 Å². The van der Waals surface area contributed by atoms with E-state index in [9.17, 15) is 9.90 Å². The first-order chi connectivity index (χ1) is 23.1. The zero-order chi connectivity index (χ0) is 33.3. The lowest BCUT2D eigenvalue weighted by atomic mass is 9.44. The predicted octanol–water partition coefficient (Wildman–Crippen LogP) is 11.5. The molecule has 0 aromatic carbocycles. The highest BCUT2D eigenvalue weighted by Gasteiger charge is 2.61. The molecule has 0 aromatic heterocycles. The van der Waals surface area contributed by atoms with Crippen molar-refractivity contribution in [3.05, 3.63) is 0 Å². The minimum Gasteiger partial charge on any atom is -0.466 e. The van der Waals surface area contributed by atoms with Gasteiger partial charge in [0.15, 0.2) is 0 Å². The summed E-state index contributed by atoms with van der Waals surface area (Å²) >= 11 is 0. The van der Waals surface area contributed by atoms with Crippen LogP contribution in [0.3, 0.4) is 0 Å². The third kappa shape index (κ3) is 5.61. The van der Waals surface area contributed by atoms with Crippen LogP contribution in [0.15, 0.2) is 0 Å². The number of aliphatic hydroxyl groups excluding tert-OH is 1. The van der Waals surface area contributed by atoms with Crippen LogP contribution in [-0.4, -0.2) is 23.8 Å². The van der Waals surface area contributed by atoms with E-state index in [0.717, 1.165) is 66.6 Å². The predicted molar refractivity (Wildman–Crippen MR) is 195 cm³/mol. The summed E-state index contributed by atoms with van der Waals surface area (Å²) in [6.07, 6.45) is 31.6. The molecule has 0 amide bonds. The van der Waals surface area contributed by atoms with Crippen molar-refractivity contribution in [3.63, 3.8) is 0 Å². The Morgan fingerprint density at radius 2 is 1.25 bits per heavy atom. The van der Waals surface area contributed by atoms with Gasteiger partial charge in [-0.1, -0.05) is 53.4 Å². The summed E-state index contributed by atoms with van der Waals surface area (Å²) < 4.78 is 5.91. The summed E-state index contributed by atoms with van der Waals surface area (Å²) in [5.41, 5.74) is 2.01. The highest BCUT2D eigenvalue weighted by molar-refractivity contribution is 5.69. The van der Waals surface area contributed by atoms with E-state index in [1.54, 1.807) is 0 Å². The number of aliphatic hydroxyl groups is 1. The van der Waals surface area contributed by atoms with E-state index >= 15 is 0 Å². The van der Waals surface area contributed by atoms with Gasteiger partial charge in [0.2, 0.25) is 0 Å². The standard InChI is InChI=1S/C45H74O3/c1-42-23-7-5-11-30(42)18-20-35-37-21-19-31(44(37,3)25-22-38(35)42)14-10-26-48-41(47)15-9-13-32-16-17-34-27-36-39(29-45(32,34)4)43(2)24-8-6-12-33(43)28-40(36)46/h30-40,46H,5-29H2,1-4H3. The molecule has 8 aliphatic carbocycles. The molecule has 0 bridgehead atoms. The molecule has 15 atom stereocenters.